The number of hydrogen-bond acceptors (Lipinski definition) is 4. The number of sulfonamides is 1. The van der Waals surface area contributed by atoms with Crippen molar-refractivity contribution in [2.75, 3.05) is 17.1 Å². The fourth-order valence-electron chi connectivity index (χ4n) is 4.26. The Kier molecular flexibility index (Phi) is 9.55. The highest BCUT2D eigenvalue weighted by Crippen LogP contribution is 2.28. The molecule has 1 atom stereocenters. The van der Waals surface area contributed by atoms with Gasteiger partial charge in [-0.2, -0.15) is 0 Å². The van der Waals surface area contributed by atoms with E-state index in [4.69, 9.17) is 34.8 Å². The summed E-state index contributed by atoms with van der Waals surface area (Å²) in [6, 6.07) is 9.01. The maximum atomic E-state index is 13.7. The van der Waals surface area contributed by atoms with Crippen molar-refractivity contribution in [3.63, 3.8) is 0 Å². The summed E-state index contributed by atoms with van der Waals surface area (Å²) in [5.74, 6) is -0.833. The molecule has 7 nitrogen and oxygen atoms in total. The molecule has 2 amide bonds. The van der Waals surface area contributed by atoms with Crippen LogP contribution in [-0.4, -0.2) is 50.0 Å². The molecular weight excluding hydrogens is 545 g/mol. The van der Waals surface area contributed by atoms with Crippen LogP contribution in [-0.2, 0) is 26.2 Å². The van der Waals surface area contributed by atoms with Crippen LogP contribution in [0.15, 0.2) is 36.4 Å². The Balaban J connectivity index is 1.93. The van der Waals surface area contributed by atoms with Gasteiger partial charge in [-0.25, -0.2) is 8.42 Å². The van der Waals surface area contributed by atoms with Crippen molar-refractivity contribution in [2.24, 2.45) is 0 Å². The van der Waals surface area contributed by atoms with Gasteiger partial charge in [0.1, 0.15) is 12.6 Å². The first-order valence-electron chi connectivity index (χ1n) is 11.6. The van der Waals surface area contributed by atoms with Crippen LogP contribution in [0.5, 0.6) is 0 Å². The number of halogens is 3. The van der Waals surface area contributed by atoms with Crippen molar-refractivity contribution < 1.29 is 18.0 Å². The van der Waals surface area contributed by atoms with E-state index >= 15 is 0 Å². The highest BCUT2D eigenvalue weighted by atomic mass is 35.5. The van der Waals surface area contributed by atoms with Crippen molar-refractivity contribution in [1.82, 2.24) is 10.2 Å². The van der Waals surface area contributed by atoms with Crippen molar-refractivity contribution in [1.29, 1.82) is 0 Å². The molecule has 196 valence electrons. The van der Waals surface area contributed by atoms with Crippen molar-refractivity contribution in [3.8, 4) is 0 Å². The van der Waals surface area contributed by atoms with E-state index in [0.717, 1.165) is 36.2 Å². The highest BCUT2D eigenvalue weighted by molar-refractivity contribution is 7.92. The average Bonchev–Trinajstić information content (AvgIpc) is 3.31. The predicted octanol–water partition coefficient (Wildman–Crippen LogP) is 5.20. The molecular formula is C25H30Cl3N3O4S. The molecule has 0 bridgehead atoms. The van der Waals surface area contributed by atoms with E-state index in [2.05, 4.69) is 5.32 Å². The molecule has 1 aliphatic carbocycles. The number of carbonyl (C=O) groups is 2. The zero-order valence-corrected chi connectivity index (χ0v) is 23.5. The van der Waals surface area contributed by atoms with Gasteiger partial charge < -0.3 is 10.2 Å². The minimum absolute atomic E-state index is 0.0428. The number of carbonyl (C=O) groups excluding carboxylic acids is 2. The maximum absolute atomic E-state index is 13.7. The second-order valence-electron chi connectivity index (χ2n) is 9.14. The van der Waals surface area contributed by atoms with E-state index < -0.39 is 28.5 Å². The van der Waals surface area contributed by atoms with Gasteiger partial charge in [-0.05, 0) is 62.1 Å². The molecule has 0 aliphatic heterocycles. The Labute approximate surface area is 227 Å². The van der Waals surface area contributed by atoms with Crippen molar-refractivity contribution in [2.45, 2.75) is 58.2 Å². The molecule has 1 saturated carbocycles. The van der Waals surface area contributed by atoms with Crippen LogP contribution in [0.3, 0.4) is 0 Å². The predicted molar refractivity (Wildman–Crippen MR) is 145 cm³/mol. The molecule has 0 radical (unpaired) electrons. The second-order valence-corrected chi connectivity index (χ2v) is 12.3. The number of hydrogen-bond donors (Lipinski definition) is 1. The quantitative estimate of drug-likeness (QED) is 0.446. The number of benzene rings is 2. The Morgan fingerprint density at radius 1 is 1.06 bits per heavy atom. The van der Waals surface area contributed by atoms with Crippen LogP contribution in [0.4, 0.5) is 5.69 Å². The van der Waals surface area contributed by atoms with Gasteiger partial charge in [-0.15, -0.1) is 0 Å². The normalized spacial score (nSPS) is 14.9. The SMILES string of the molecule is Cc1ccc(Cl)cc1N(CC(=O)N(Cc1ccc(Cl)c(Cl)c1)[C@H](C)C(=O)NC1CCCC1)S(C)(=O)=O. The third-order valence-electron chi connectivity index (χ3n) is 6.32. The molecule has 3 rings (SSSR count). The number of aryl methyl sites for hydroxylation is 1. The van der Waals surface area contributed by atoms with Gasteiger partial charge in [0.15, 0.2) is 0 Å². The third kappa shape index (κ3) is 7.28. The first kappa shape index (κ1) is 28.6. The molecule has 0 saturated heterocycles. The Bertz CT molecular complexity index is 1230. The first-order chi connectivity index (χ1) is 16.9. The van der Waals surface area contributed by atoms with Crippen LogP contribution < -0.4 is 9.62 Å². The zero-order valence-electron chi connectivity index (χ0n) is 20.4. The summed E-state index contributed by atoms with van der Waals surface area (Å²) in [7, 11) is -3.85. The van der Waals surface area contributed by atoms with Gasteiger partial charge in [0, 0.05) is 17.6 Å². The standard InChI is InChI=1S/C25H30Cl3N3O4S/c1-16-8-10-19(26)13-23(16)31(36(3,34)35)15-24(32)30(14-18-9-11-21(27)22(28)12-18)17(2)25(33)29-20-6-4-5-7-20/h8-13,17,20H,4-7,14-15H2,1-3H3,(H,29,33)/t17-/m1/s1. The molecule has 1 aliphatic rings. The molecule has 0 heterocycles. The number of anilines is 1. The Morgan fingerprint density at radius 3 is 2.33 bits per heavy atom. The number of nitrogens with one attached hydrogen (secondary N) is 1. The van der Waals surface area contributed by atoms with E-state index in [9.17, 15) is 18.0 Å². The summed E-state index contributed by atoms with van der Waals surface area (Å²) < 4.78 is 26.5. The lowest BCUT2D eigenvalue weighted by molar-refractivity contribution is -0.139. The van der Waals surface area contributed by atoms with Crippen LogP contribution in [0.1, 0.15) is 43.7 Å². The molecule has 2 aromatic rings. The van der Waals surface area contributed by atoms with Crippen LogP contribution in [0, 0.1) is 6.92 Å². The molecule has 0 aromatic heterocycles. The van der Waals surface area contributed by atoms with E-state index in [1.54, 1.807) is 44.2 Å². The summed E-state index contributed by atoms with van der Waals surface area (Å²) in [5, 5.41) is 4.05. The number of amides is 2. The lowest BCUT2D eigenvalue weighted by atomic mass is 10.1. The summed E-state index contributed by atoms with van der Waals surface area (Å²) >= 11 is 18.3. The van der Waals surface area contributed by atoms with Gasteiger partial charge in [-0.1, -0.05) is 59.8 Å². The minimum atomic E-state index is -3.85. The second kappa shape index (κ2) is 12.0. The topological polar surface area (TPSA) is 86.8 Å². The zero-order chi connectivity index (χ0) is 26.6. The van der Waals surface area contributed by atoms with Gasteiger partial charge in [0.2, 0.25) is 21.8 Å². The van der Waals surface area contributed by atoms with Crippen molar-refractivity contribution >= 4 is 62.3 Å². The maximum Gasteiger partial charge on any atom is 0.244 e. The van der Waals surface area contributed by atoms with Gasteiger partial charge in [0.25, 0.3) is 0 Å². The Hall–Kier alpha value is -2.00. The lowest BCUT2D eigenvalue weighted by Crippen LogP contribution is -2.52. The third-order valence-corrected chi connectivity index (χ3v) is 8.43. The summed E-state index contributed by atoms with van der Waals surface area (Å²) in [5.41, 5.74) is 1.60. The lowest BCUT2D eigenvalue weighted by Gasteiger charge is -2.32. The van der Waals surface area contributed by atoms with E-state index in [1.807, 2.05) is 0 Å². The summed E-state index contributed by atoms with van der Waals surface area (Å²) in [6.07, 6.45) is 4.92. The van der Waals surface area contributed by atoms with Gasteiger partial charge in [-0.3, -0.25) is 13.9 Å². The molecule has 11 heteroatoms. The van der Waals surface area contributed by atoms with Crippen LogP contribution in [0.2, 0.25) is 15.1 Å². The van der Waals surface area contributed by atoms with Crippen LogP contribution in [0.25, 0.3) is 0 Å². The minimum Gasteiger partial charge on any atom is -0.352 e. The van der Waals surface area contributed by atoms with Crippen LogP contribution >= 0.6 is 34.8 Å². The average molecular weight is 575 g/mol. The fraction of sp³-hybridized carbons (Fsp3) is 0.440. The monoisotopic (exact) mass is 573 g/mol. The first-order valence-corrected chi connectivity index (χ1v) is 14.6. The van der Waals surface area contributed by atoms with E-state index in [0.29, 0.717) is 31.9 Å². The largest absolute Gasteiger partial charge is 0.352 e. The number of rotatable bonds is 9. The van der Waals surface area contributed by atoms with Gasteiger partial charge in [0.05, 0.1) is 22.0 Å². The molecule has 36 heavy (non-hydrogen) atoms. The molecule has 0 unspecified atom stereocenters. The molecule has 0 spiro atoms. The summed E-state index contributed by atoms with van der Waals surface area (Å²) in [6.45, 7) is 2.91. The smallest absolute Gasteiger partial charge is 0.244 e. The van der Waals surface area contributed by atoms with Gasteiger partial charge >= 0.3 is 0 Å². The Morgan fingerprint density at radius 2 is 1.72 bits per heavy atom. The molecule has 1 N–H and O–H groups in total. The van der Waals surface area contributed by atoms with Crippen molar-refractivity contribution in [3.05, 3.63) is 62.6 Å². The summed E-state index contributed by atoms with van der Waals surface area (Å²) in [4.78, 5) is 28.1. The van der Waals surface area contributed by atoms with E-state index in [-0.39, 0.29) is 18.5 Å². The highest BCUT2D eigenvalue weighted by Gasteiger charge is 2.32. The van der Waals surface area contributed by atoms with E-state index in [1.165, 1.54) is 11.0 Å². The fourth-order valence-corrected chi connectivity index (χ4v) is 5.64. The molecule has 1 fully saturated rings. The number of nitrogens with zero attached hydrogens (tertiary/aromatic N) is 2. The molecule has 2 aromatic carbocycles.